The Kier molecular flexibility index (Phi) is 3.42. The third-order valence-corrected chi connectivity index (χ3v) is 1.40. The van der Waals surface area contributed by atoms with Crippen molar-refractivity contribution >= 4 is 5.69 Å². The number of hydrogen-bond acceptors (Lipinski definition) is 3. The van der Waals surface area contributed by atoms with Gasteiger partial charge < -0.3 is 10.1 Å². The molecule has 3 nitrogen and oxygen atoms in total. The number of ether oxygens (including phenoxy) is 1. The minimum atomic E-state index is -2.36. The topological polar surface area (TPSA) is 34.1 Å². The van der Waals surface area contributed by atoms with E-state index in [1.165, 1.54) is 13.3 Å². The predicted molar refractivity (Wildman–Crippen MR) is 45.3 cm³/mol. The highest BCUT2D eigenvalue weighted by molar-refractivity contribution is 5.44. The predicted octanol–water partition coefficient (Wildman–Crippen LogP) is 1.77. The molecule has 0 radical (unpaired) electrons. The van der Waals surface area contributed by atoms with Crippen LogP contribution in [0, 0.1) is 0 Å². The largest absolute Gasteiger partial charge is 0.481 e. The SMILES string of the molecule is COc1cc(NCC(F)F)ccn1. The number of anilines is 1. The Labute approximate surface area is 74.7 Å². The van der Waals surface area contributed by atoms with E-state index in [0.29, 0.717) is 11.6 Å². The molecule has 0 amide bonds. The van der Waals surface area contributed by atoms with Gasteiger partial charge in [-0.2, -0.15) is 0 Å². The number of halogens is 2. The third-order valence-electron chi connectivity index (χ3n) is 1.40. The van der Waals surface area contributed by atoms with Crippen molar-refractivity contribution in [3.8, 4) is 5.88 Å². The third kappa shape index (κ3) is 3.23. The minimum absolute atomic E-state index is 0.368. The van der Waals surface area contributed by atoms with Crippen LogP contribution in [0.15, 0.2) is 18.3 Å². The standard InChI is InChI=1S/C8H10F2N2O/c1-13-8-4-6(2-3-11-8)12-5-7(9)10/h2-4,7H,5H2,1H3,(H,11,12). The Bertz CT molecular complexity index is 268. The minimum Gasteiger partial charge on any atom is -0.481 e. The maximum atomic E-state index is 11.8. The van der Waals surface area contributed by atoms with Crippen molar-refractivity contribution in [1.29, 1.82) is 0 Å². The monoisotopic (exact) mass is 188 g/mol. The number of nitrogens with zero attached hydrogens (tertiary/aromatic N) is 1. The Hall–Kier alpha value is -1.39. The first-order valence-electron chi connectivity index (χ1n) is 3.74. The second kappa shape index (κ2) is 4.59. The van der Waals surface area contributed by atoms with Crippen LogP contribution in [0.1, 0.15) is 0 Å². The van der Waals surface area contributed by atoms with E-state index in [1.54, 1.807) is 12.1 Å². The zero-order valence-electron chi connectivity index (χ0n) is 7.13. The van der Waals surface area contributed by atoms with Crippen molar-refractivity contribution in [1.82, 2.24) is 4.98 Å². The lowest BCUT2D eigenvalue weighted by atomic mass is 10.4. The molecule has 5 heteroatoms. The van der Waals surface area contributed by atoms with Crippen LogP contribution in [-0.2, 0) is 0 Å². The Morgan fingerprint density at radius 3 is 3.00 bits per heavy atom. The highest BCUT2D eigenvalue weighted by Crippen LogP contribution is 2.13. The van der Waals surface area contributed by atoms with Gasteiger partial charge >= 0.3 is 0 Å². The van der Waals surface area contributed by atoms with Gasteiger partial charge in [-0.15, -0.1) is 0 Å². The molecular formula is C8H10F2N2O. The fourth-order valence-electron chi connectivity index (χ4n) is 0.826. The first-order chi connectivity index (χ1) is 6.22. The maximum Gasteiger partial charge on any atom is 0.255 e. The summed E-state index contributed by atoms with van der Waals surface area (Å²) in [5.41, 5.74) is 0.576. The van der Waals surface area contributed by atoms with Crippen LogP contribution in [0.4, 0.5) is 14.5 Å². The van der Waals surface area contributed by atoms with Crippen LogP contribution in [0.25, 0.3) is 0 Å². The number of aromatic nitrogens is 1. The van der Waals surface area contributed by atoms with E-state index in [0.717, 1.165) is 0 Å². The first kappa shape index (κ1) is 9.70. The van der Waals surface area contributed by atoms with Gasteiger partial charge in [0.1, 0.15) is 0 Å². The molecule has 0 spiro atoms. The van der Waals surface area contributed by atoms with Gasteiger partial charge in [-0.1, -0.05) is 0 Å². The number of nitrogens with one attached hydrogen (secondary N) is 1. The molecular weight excluding hydrogens is 178 g/mol. The number of rotatable bonds is 4. The van der Waals surface area contributed by atoms with E-state index < -0.39 is 6.43 Å². The van der Waals surface area contributed by atoms with E-state index in [2.05, 4.69) is 10.3 Å². The molecule has 0 saturated heterocycles. The molecule has 1 heterocycles. The molecule has 0 aliphatic carbocycles. The summed E-state index contributed by atoms with van der Waals surface area (Å²) in [7, 11) is 1.47. The smallest absolute Gasteiger partial charge is 0.255 e. The lowest BCUT2D eigenvalue weighted by molar-refractivity contribution is 0.163. The van der Waals surface area contributed by atoms with Crippen molar-refractivity contribution in [3.63, 3.8) is 0 Å². The Morgan fingerprint density at radius 2 is 2.38 bits per heavy atom. The molecule has 1 rings (SSSR count). The second-order valence-electron chi connectivity index (χ2n) is 2.36. The van der Waals surface area contributed by atoms with Gasteiger partial charge in [0, 0.05) is 18.0 Å². The van der Waals surface area contributed by atoms with Crippen molar-refractivity contribution in [2.24, 2.45) is 0 Å². The zero-order valence-corrected chi connectivity index (χ0v) is 7.13. The summed E-state index contributed by atoms with van der Waals surface area (Å²) in [6.07, 6.45) is -0.869. The molecule has 1 aromatic heterocycles. The molecule has 13 heavy (non-hydrogen) atoms. The molecule has 1 aromatic rings. The summed E-state index contributed by atoms with van der Waals surface area (Å²) in [6, 6.07) is 3.16. The van der Waals surface area contributed by atoms with Crippen LogP contribution in [-0.4, -0.2) is 25.1 Å². The van der Waals surface area contributed by atoms with Gasteiger partial charge in [0.25, 0.3) is 6.43 Å². The molecule has 0 saturated carbocycles. The van der Waals surface area contributed by atoms with Crippen LogP contribution >= 0.6 is 0 Å². The summed E-state index contributed by atoms with van der Waals surface area (Å²) in [4.78, 5) is 3.84. The highest BCUT2D eigenvalue weighted by atomic mass is 19.3. The summed E-state index contributed by atoms with van der Waals surface area (Å²) >= 11 is 0. The zero-order chi connectivity index (χ0) is 9.68. The Morgan fingerprint density at radius 1 is 1.62 bits per heavy atom. The van der Waals surface area contributed by atoms with Crippen LogP contribution < -0.4 is 10.1 Å². The van der Waals surface area contributed by atoms with Crippen molar-refractivity contribution in [2.45, 2.75) is 6.43 Å². The molecule has 72 valence electrons. The quantitative estimate of drug-likeness (QED) is 0.781. The van der Waals surface area contributed by atoms with Gasteiger partial charge in [0.05, 0.1) is 13.7 Å². The summed E-state index contributed by atoms with van der Waals surface area (Å²) < 4.78 is 28.4. The van der Waals surface area contributed by atoms with Crippen LogP contribution in [0.5, 0.6) is 5.88 Å². The average Bonchev–Trinajstić information content (AvgIpc) is 2.15. The first-order valence-corrected chi connectivity index (χ1v) is 3.74. The molecule has 0 fully saturated rings. The van der Waals surface area contributed by atoms with Crippen LogP contribution in [0.2, 0.25) is 0 Å². The van der Waals surface area contributed by atoms with Crippen LogP contribution in [0.3, 0.4) is 0 Å². The number of methoxy groups -OCH3 is 1. The van der Waals surface area contributed by atoms with Gasteiger partial charge in [-0.3, -0.25) is 0 Å². The van der Waals surface area contributed by atoms with Crippen molar-refractivity contribution in [3.05, 3.63) is 18.3 Å². The number of alkyl halides is 2. The van der Waals surface area contributed by atoms with Gasteiger partial charge in [-0.25, -0.2) is 13.8 Å². The fourth-order valence-corrected chi connectivity index (χ4v) is 0.826. The van der Waals surface area contributed by atoms with Gasteiger partial charge in [0.2, 0.25) is 5.88 Å². The second-order valence-corrected chi connectivity index (χ2v) is 2.36. The van der Waals surface area contributed by atoms with Gasteiger partial charge in [-0.05, 0) is 6.07 Å². The molecule has 0 atom stereocenters. The summed E-state index contributed by atoms with van der Waals surface area (Å²) in [5.74, 6) is 0.402. The van der Waals surface area contributed by atoms with E-state index >= 15 is 0 Å². The number of hydrogen-bond donors (Lipinski definition) is 1. The van der Waals surface area contributed by atoms with Crippen molar-refractivity contribution < 1.29 is 13.5 Å². The van der Waals surface area contributed by atoms with E-state index in [1.807, 2.05) is 0 Å². The molecule has 0 aliphatic rings. The molecule has 0 unspecified atom stereocenters. The van der Waals surface area contributed by atoms with E-state index in [9.17, 15) is 8.78 Å². The van der Waals surface area contributed by atoms with E-state index in [4.69, 9.17) is 4.74 Å². The van der Waals surface area contributed by atoms with Crippen molar-refractivity contribution in [2.75, 3.05) is 19.0 Å². The normalized spacial score (nSPS) is 10.2. The maximum absolute atomic E-state index is 11.8. The molecule has 0 bridgehead atoms. The average molecular weight is 188 g/mol. The molecule has 0 aliphatic heterocycles. The molecule has 0 aromatic carbocycles. The van der Waals surface area contributed by atoms with Gasteiger partial charge in [0.15, 0.2) is 0 Å². The number of pyridine rings is 1. The van der Waals surface area contributed by atoms with E-state index in [-0.39, 0.29) is 6.54 Å². The highest BCUT2D eigenvalue weighted by Gasteiger charge is 2.02. The lowest BCUT2D eigenvalue weighted by Gasteiger charge is -2.05. The molecule has 1 N–H and O–H groups in total. The summed E-state index contributed by atoms with van der Waals surface area (Å²) in [6.45, 7) is -0.368. The fraction of sp³-hybridized carbons (Fsp3) is 0.375. The Balaban J connectivity index is 2.56. The summed E-state index contributed by atoms with van der Waals surface area (Å²) in [5, 5.41) is 2.55. The lowest BCUT2D eigenvalue weighted by Crippen LogP contribution is -2.10.